The zero-order valence-corrected chi connectivity index (χ0v) is 13.7. The predicted octanol–water partition coefficient (Wildman–Crippen LogP) is 2.72. The van der Waals surface area contributed by atoms with Crippen LogP contribution >= 0.6 is 11.3 Å². The number of thiazole rings is 1. The number of nitrogens with one attached hydrogen (secondary N) is 1. The van der Waals surface area contributed by atoms with E-state index in [9.17, 15) is 9.59 Å². The molecule has 22 heavy (non-hydrogen) atoms. The number of benzene rings is 1. The minimum absolute atomic E-state index is 0.0496. The smallest absolute Gasteiger partial charge is 0.257 e. The molecule has 0 aliphatic heterocycles. The molecule has 2 amide bonds. The van der Waals surface area contributed by atoms with Gasteiger partial charge in [0.05, 0.1) is 12.1 Å². The summed E-state index contributed by atoms with van der Waals surface area (Å²) in [5.74, 6) is -0.665. The molecule has 0 aliphatic carbocycles. The Bertz CT molecular complexity index is 684. The molecule has 0 atom stereocenters. The summed E-state index contributed by atoms with van der Waals surface area (Å²) >= 11 is 1.27. The van der Waals surface area contributed by atoms with Crippen LogP contribution in [0.4, 0.5) is 5.13 Å². The van der Waals surface area contributed by atoms with Gasteiger partial charge in [-0.15, -0.1) is 11.3 Å². The molecule has 5 nitrogen and oxygen atoms in total. The van der Waals surface area contributed by atoms with Crippen LogP contribution in [0.1, 0.15) is 42.4 Å². The highest BCUT2D eigenvalue weighted by molar-refractivity contribution is 7.14. The van der Waals surface area contributed by atoms with Crippen LogP contribution in [0.2, 0.25) is 0 Å². The average molecular weight is 317 g/mol. The summed E-state index contributed by atoms with van der Waals surface area (Å²) in [6, 6.07) is 7.51. The molecule has 2 rings (SSSR count). The second kappa shape index (κ2) is 6.27. The molecule has 1 aromatic carbocycles. The maximum atomic E-state index is 12.2. The predicted molar refractivity (Wildman–Crippen MR) is 88.1 cm³/mol. The SMILES string of the molecule is CC(C)(C)c1ccc(C(=O)Nc2nc(CC(N)=O)cs2)cc1. The van der Waals surface area contributed by atoms with E-state index in [2.05, 4.69) is 31.1 Å². The van der Waals surface area contributed by atoms with E-state index in [0.29, 0.717) is 16.4 Å². The van der Waals surface area contributed by atoms with Crippen LogP contribution in [0.3, 0.4) is 0 Å². The van der Waals surface area contributed by atoms with E-state index in [4.69, 9.17) is 5.73 Å². The normalized spacial score (nSPS) is 11.2. The van der Waals surface area contributed by atoms with E-state index in [0.717, 1.165) is 0 Å². The number of hydrogen-bond donors (Lipinski definition) is 2. The number of aromatic nitrogens is 1. The van der Waals surface area contributed by atoms with Gasteiger partial charge in [0.15, 0.2) is 5.13 Å². The highest BCUT2D eigenvalue weighted by Crippen LogP contribution is 2.23. The summed E-state index contributed by atoms with van der Waals surface area (Å²) < 4.78 is 0. The van der Waals surface area contributed by atoms with E-state index >= 15 is 0 Å². The van der Waals surface area contributed by atoms with E-state index < -0.39 is 5.91 Å². The average Bonchev–Trinajstić information content (AvgIpc) is 2.84. The van der Waals surface area contributed by atoms with Crippen molar-refractivity contribution in [3.8, 4) is 0 Å². The Morgan fingerprint density at radius 2 is 1.86 bits per heavy atom. The first-order chi connectivity index (χ1) is 10.3. The number of carbonyl (C=O) groups is 2. The van der Waals surface area contributed by atoms with E-state index in [1.807, 2.05) is 12.1 Å². The lowest BCUT2D eigenvalue weighted by Crippen LogP contribution is -2.15. The van der Waals surface area contributed by atoms with Gasteiger partial charge in [-0.3, -0.25) is 14.9 Å². The minimum atomic E-state index is -0.444. The van der Waals surface area contributed by atoms with Gasteiger partial charge < -0.3 is 5.73 Å². The lowest BCUT2D eigenvalue weighted by Gasteiger charge is -2.18. The molecular formula is C16H19N3O2S. The van der Waals surface area contributed by atoms with Gasteiger partial charge in [0.1, 0.15) is 0 Å². The number of nitrogens with zero attached hydrogens (tertiary/aromatic N) is 1. The lowest BCUT2D eigenvalue weighted by atomic mass is 9.87. The topological polar surface area (TPSA) is 85.1 Å². The standard InChI is InChI=1S/C16H19N3O2S/c1-16(2,3)11-6-4-10(5-7-11)14(21)19-15-18-12(9-22-15)8-13(17)20/h4-7,9H,8H2,1-3H3,(H2,17,20)(H,18,19,21). The van der Waals surface area contributed by atoms with Crippen molar-refractivity contribution in [2.45, 2.75) is 32.6 Å². The van der Waals surface area contributed by atoms with E-state index in [1.54, 1.807) is 17.5 Å². The van der Waals surface area contributed by atoms with Crippen molar-refractivity contribution in [2.75, 3.05) is 5.32 Å². The molecule has 0 fully saturated rings. The molecule has 0 saturated heterocycles. The molecule has 3 N–H and O–H groups in total. The van der Waals surface area contributed by atoms with Crippen LogP contribution in [0.5, 0.6) is 0 Å². The van der Waals surface area contributed by atoms with Crippen molar-refractivity contribution < 1.29 is 9.59 Å². The first kappa shape index (κ1) is 16.2. The molecule has 116 valence electrons. The number of carbonyl (C=O) groups excluding carboxylic acids is 2. The largest absolute Gasteiger partial charge is 0.369 e. The second-order valence-electron chi connectivity index (χ2n) is 6.07. The van der Waals surface area contributed by atoms with Gasteiger partial charge in [-0.2, -0.15) is 0 Å². The fourth-order valence-corrected chi connectivity index (χ4v) is 2.62. The fourth-order valence-electron chi connectivity index (χ4n) is 1.91. The van der Waals surface area contributed by atoms with Crippen molar-refractivity contribution in [1.82, 2.24) is 4.98 Å². The van der Waals surface area contributed by atoms with Crippen LogP contribution in [-0.4, -0.2) is 16.8 Å². The molecule has 0 bridgehead atoms. The molecule has 0 saturated carbocycles. The molecule has 6 heteroatoms. The number of hydrogen-bond acceptors (Lipinski definition) is 4. The van der Waals surface area contributed by atoms with Gasteiger partial charge >= 0.3 is 0 Å². The summed E-state index contributed by atoms with van der Waals surface area (Å²) in [5.41, 5.74) is 7.47. The first-order valence-corrected chi connectivity index (χ1v) is 7.78. The zero-order valence-electron chi connectivity index (χ0n) is 12.8. The molecule has 0 aliphatic rings. The lowest BCUT2D eigenvalue weighted by molar-refractivity contribution is -0.117. The Hall–Kier alpha value is -2.21. The van der Waals surface area contributed by atoms with Crippen LogP contribution in [0, 0.1) is 0 Å². The molecule has 0 radical (unpaired) electrons. The number of anilines is 1. The van der Waals surface area contributed by atoms with Crippen molar-refractivity contribution in [3.63, 3.8) is 0 Å². The first-order valence-electron chi connectivity index (χ1n) is 6.90. The molecule has 1 heterocycles. The van der Waals surface area contributed by atoms with Gasteiger partial charge in [0, 0.05) is 10.9 Å². The van der Waals surface area contributed by atoms with Gasteiger partial charge in [-0.05, 0) is 23.1 Å². The van der Waals surface area contributed by atoms with Crippen LogP contribution < -0.4 is 11.1 Å². The summed E-state index contributed by atoms with van der Waals surface area (Å²) in [5, 5.41) is 4.90. The highest BCUT2D eigenvalue weighted by Gasteiger charge is 2.15. The van der Waals surface area contributed by atoms with E-state index in [-0.39, 0.29) is 17.7 Å². The Balaban J connectivity index is 2.06. The maximum absolute atomic E-state index is 12.2. The summed E-state index contributed by atoms with van der Waals surface area (Å²) in [6.45, 7) is 6.37. The number of rotatable bonds is 4. The quantitative estimate of drug-likeness (QED) is 0.909. The van der Waals surface area contributed by atoms with Gasteiger partial charge in [0.2, 0.25) is 5.91 Å². The Labute approximate surface area is 133 Å². The molecule has 1 aromatic heterocycles. The molecular weight excluding hydrogens is 298 g/mol. The molecule has 0 spiro atoms. The third-order valence-corrected chi connectivity index (χ3v) is 3.95. The van der Waals surface area contributed by atoms with Gasteiger partial charge in [0.25, 0.3) is 5.91 Å². The summed E-state index contributed by atoms with van der Waals surface area (Å²) in [7, 11) is 0. The molecule has 0 unspecified atom stereocenters. The summed E-state index contributed by atoms with van der Waals surface area (Å²) in [4.78, 5) is 27.2. The van der Waals surface area contributed by atoms with Crippen molar-refractivity contribution in [2.24, 2.45) is 5.73 Å². The maximum Gasteiger partial charge on any atom is 0.257 e. The minimum Gasteiger partial charge on any atom is -0.369 e. The Kier molecular flexibility index (Phi) is 4.61. The number of amides is 2. The van der Waals surface area contributed by atoms with Gasteiger partial charge in [-0.25, -0.2) is 4.98 Å². The fraction of sp³-hybridized carbons (Fsp3) is 0.312. The summed E-state index contributed by atoms with van der Waals surface area (Å²) in [6.07, 6.45) is 0.0760. The monoisotopic (exact) mass is 317 g/mol. The van der Waals surface area contributed by atoms with Gasteiger partial charge in [-0.1, -0.05) is 32.9 Å². The third-order valence-electron chi connectivity index (χ3n) is 3.14. The Morgan fingerprint density at radius 1 is 1.23 bits per heavy atom. The van der Waals surface area contributed by atoms with Crippen LogP contribution in [0.15, 0.2) is 29.6 Å². The number of nitrogens with two attached hydrogens (primary N) is 1. The van der Waals surface area contributed by atoms with Crippen molar-refractivity contribution in [1.29, 1.82) is 0 Å². The highest BCUT2D eigenvalue weighted by atomic mass is 32.1. The molecule has 2 aromatic rings. The zero-order chi connectivity index (χ0) is 16.3. The van der Waals surface area contributed by atoms with E-state index in [1.165, 1.54) is 16.9 Å². The Morgan fingerprint density at radius 3 is 2.41 bits per heavy atom. The second-order valence-corrected chi connectivity index (χ2v) is 6.93. The van der Waals surface area contributed by atoms with Crippen LogP contribution in [-0.2, 0) is 16.6 Å². The van der Waals surface area contributed by atoms with Crippen molar-refractivity contribution >= 4 is 28.3 Å². The third kappa shape index (κ3) is 4.14. The van der Waals surface area contributed by atoms with Crippen molar-refractivity contribution in [3.05, 3.63) is 46.5 Å². The van der Waals surface area contributed by atoms with Crippen LogP contribution in [0.25, 0.3) is 0 Å². The number of primary amides is 1.